The van der Waals surface area contributed by atoms with E-state index in [-0.39, 0.29) is 0 Å². The van der Waals surface area contributed by atoms with Crippen LogP contribution in [-0.4, -0.2) is 6.03 Å². The van der Waals surface area contributed by atoms with Gasteiger partial charge in [-0.05, 0) is 54.6 Å². The summed E-state index contributed by atoms with van der Waals surface area (Å²) in [5, 5.41) is 8.54. The van der Waals surface area contributed by atoms with Gasteiger partial charge in [0.15, 0.2) is 0 Å². The van der Waals surface area contributed by atoms with E-state index in [0.29, 0.717) is 11.4 Å². The highest BCUT2D eigenvalue weighted by molar-refractivity contribution is 5.99. The first kappa shape index (κ1) is 15.6. The molecule has 0 fully saturated rings. The summed E-state index contributed by atoms with van der Waals surface area (Å²) in [6.07, 6.45) is 0. The molecule has 0 spiro atoms. The molecule has 0 aliphatic heterocycles. The molecule has 4 nitrogen and oxygen atoms in total. The molecule has 0 atom stereocenters. The monoisotopic (exact) mass is 321 g/mol. The van der Waals surface area contributed by atoms with Crippen molar-refractivity contribution in [1.29, 1.82) is 0 Å². The molecule has 3 N–H and O–H groups in total. The van der Waals surface area contributed by atoms with E-state index in [1.165, 1.54) is 18.2 Å². The van der Waals surface area contributed by atoms with Crippen molar-refractivity contribution in [2.75, 3.05) is 16.0 Å². The Kier molecular flexibility index (Phi) is 4.72. The van der Waals surface area contributed by atoms with Gasteiger partial charge in [0, 0.05) is 22.7 Å². The number of carbonyl (C=O) groups is 1. The quantitative estimate of drug-likeness (QED) is 0.617. The molecule has 0 aliphatic rings. The third-order valence-electron chi connectivity index (χ3n) is 3.29. The smallest absolute Gasteiger partial charge is 0.323 e. The molecule has 3 aromatic carbocycles. The average molecular weight is 321 g/mol. The van der Waals surface area contributed by atoms with E-state index in [9.17, 15) is 9.18 Å². The van der Waals surface area contributed by atoms with Crippen molar-refractivity contribution in [2.24, 2.45) is 0 Å². The Morgan fingerprint density at radius 3 is 1.96 bits per heavy atom. The maximum absolute atomic E-state index is 13.1. The minimum Gasteiger partial charge on any atom is -0.356 e. The molecular formula is C19H16FN3O. The SMILES string of the molecule is O=C(Nc1ccc(Nc2ccccc2)cc1)Nc1cccc(F)c1. The maximum atomic E-state index is 13.1. The van der Waals surface area contributed by atoms with Gasteiger partial charge >= 0.3 is 6.03 Å². The Balaban J connectivity index is 1.58. The van der Waals surface area contributed by atoms with Gasteiger partial charge in [-0.15, -0.1) is 0 Å². The van der Waals surface area contributed by atoms with E-state index in [4.69, 9.17) is 0 Å². The lowest BCUT2D eigenvalue weighted by Gasteiger charge is -2.10. The Hall–Kier alpha value is -3.34. The predicted octanol–water partition coefficient (Wildman–Crippen LogP) is 5.21. The summed E-state index contributed by atoms with van der Waals surface area (Å²) in [5.41, 5.74) is 2.94. The van der Waals surface area contributed by atoms with Crippen molar-refractivity contribution in [1.82, 2.24) is 0 Å². The summed E-state index contributed by atoms with van der Waals surface area (Å²) < 4.78 is 13.1. The standard InChI is InChI=1S/C19H16FN3O/c20-14-5-4-8-18(13-14)23-19(24)22-17-11-9-16(10-12-17)21-15-6-2-1-3-7-15/h1-13,21H,(H2,22,23,24). The van der Waals surface area contributed by atoms with Crippen LogP contribution in [0.2, 0.25) is 0 Å². The highest BCUT2D eigenvalue weighted by Crippen LogP contribution is 2.19. The minimum absolute atomic E-state index is 0.398. The number of amides is 2. The third kappa shape index (κ3) is 4.33. The zero-order valence-corrected chi connectivity index (χ0v) is 12.8. The molecule has 3 aromatic rings. The number of urea groups is 1. The Morgan fingerprint density at radius 2 is 1.25 bits per heavy atom. The summed E-state index contributed by atoms with van der Waals surface area (Å²) in [6, 6.07) is 22.4. The molecular weight excluding hydrogens is 305 g/mol. The van der Waals surface area contributed by atoms with Crippen LogP contribution in [0.4, 0.5) is 31.9 Å². The van der Waals surface area contributed by atoms with Crippen LogP contribution in [0.1, 0.15) is 0 Å². The van der Waals surface area contributed by atoms with Gasteiger partial charge in [0.1, 0.15) is 5.82 Å². The number of hydrogen-bond donors (Lipinski definition) is 3. The lowest BCUT2D eigenvalue weighted by Crippen LogP contribution is -2.19. The highest BCUT2D eigenvalue weighted by atomic mass is 19.1. The first-order valence-electron chi connectivity index (χ1n) is 7.45. The number of halogens is 1. The third-order valence-corrected chi connectivity index (χ3v) is 3.29. The maximum Gasteiger partial charge on any atom is 0.323 e. The molecule has 0 radical (unpaired) electrons. The fourth-order valence-electron chi connectivity index (χ4n) is 2.18. The number of benzene rings is 3. The van der Waals surface area contributed by atoms with Crippen molar-refractivity contribution >= 4 is 28.8 Å². The van der Waals surface area contributed by atoms with Crippen molar-refractivity contribution in [2.45, 2.75) is 0 Å². The van der Waals surface area contributed by atoms with Crippen molar-refractivity contribution in [3.63, 3.8) is 0 Å². The number of rotatable bonds is 4. The fraction of sp³-hybridized carbons (Fsp3) is 0. The molecule has 0 unspecified atom stereocenters. The highest BCUT2D eigenvalue weighted by Gasteiger charge is 2.03. The van der Waals surface area contributed by atoms with Gasteiger partial charge in [-0.1, -0.05) is 24.3 Å². The van der Waals surface area contributed by atoms with E-state index in [0.717, 1.165) is 11.4 Å². The van der Waals surface area contributed by atoms with E-state index < -0.39 is 11.8 Å². The van der Waals surface area contributed by atoms with Crippen LogP contribution in [0, 0.1) is 5.82 Å². The summed E-state index contributed by atoms with van der Waals surface area (Å²) in [7, 11) is 0. The van der Waals surface area contributed by atoms with Gasteiger partial charge in [0.05, 0.1) is 0 Å². The van der Waals surface area contributed by atoms with E-state index in [1.54, 1.807) is 18.2 Å². The topological polar surface area (TPSA) is 53.2 Å². The molecule has 0 heterocycles. The lowest BCUT2D eigenvalue weighted by atomic mass is 10.2. The largest absolute Gasteiger partial charge is 0.356 e. The molecule has 120 valence electrons. The first-order chi connectivity index (χ1) is 11.7. The number of nitrogens with one attached hydrogen (secondary N) is 3. The van der Waals surface area contributed by atoms with Crippen LogP contribution in [-0.2, 0) is 0 Å². The van der Waals surface area contributed by atoms with Gasteiger partial charge in [-0.25, -0.2) is 9.18 Å². The van der Waals surface area contributed by atoms with Crippen LogP contribution in [0.3, 0.4) is 0 Å². The first-order valence-corrected chi connectivity index (χ1v) is 7.45. The minimum atomic E-state index is -0.427. The molecule has 0 aromatic heterocycles. The van der Waals surface area contributed by atoms with Gasteiger partial charge < -0.3 is 16.0 Å². The molecule has 0 saturated heterocycles. The molecule has 24 heavy (non-hydrogen) atoms. The summed E-state index contributed by atoms with van der Waals surface area (Å²) >= 11 is 0. The van der Waals surface area contributed by atoms with E-state index >= 15 is 0 Å². The van der Waals surface area contributed by atoms with Crippen molar-refractivity contribution < 1.29 is 9.18 Å². The second-order valence-corrected chi connectivity index (χ2v) is 5.16. The van der Waals surface area contributed by atoms with E-state index in [1.807, 2.05) is 42.5 Å². The van der Waals surface area contributed by atoms with Crippen LogP contribution >= 0.6 is 0 Å². The Bertz CT molecular complexity index is 820. The molecule has 0 bridgehead atoms. The normalized spacial score (nSPS) is 10.0. The van der Waals surface area contributed by atoms with Crippen molar-refractivity contribution in [3.8, 4) is 0 Å². The number of carbonyl (C=O) groups excluding carboxylic acids is 1. The number of hydrogen-bond acceptors (Lipinski definition) is 2. The molecule has 2 amide bonds. The van der Waals surface area contributed by atoms with Gasteiger partial charge in [0.25, 0.3) is 0 Å². The summed E-state index contributed by atoms with van der Waals surface area (Å²) in [6.45, 7) is 0. The summed E-state index contributed by atoms with van der Waals surface area (Å²) in [5.74, 6) is -0.399. The van der Waals surface area contributed by atoms with Crippen molar-refractivity contribution in [3.05, 3.63) is 84.7 Å². The second kappa shape index (κ2) is 7.28. The molecule has 0 aliphatic carbocycles. The average Bonchev–Trinajstić information content (AvgIpc) is 2.57. The van der Waals surface area contributed by atoms with Crippen LogP contribution < -0.4 is 16.0 Å². The number of para-hydroxylation sites is 1. The van der Waals surface area contributed by atoms with Crippen LogP contribution in [0.15, 0.2) is 78.9 Å². The molecule has 3 rings (SSSR count). The molecule has 0 saturated carbocycles. The molecule has 5 heteroatoms. The van der Waals surface area contributed by atoms with E-state index in [2.05, 4.69) is 16.0 Å². The van der Waals surface area contributed by atoms with Crippen LogP contribution in [0.25, 0.3) is 0 Å². The second-order valence-electron chi connectivity index (χ2n) is 5.16. The zero-order chi connectivity index (χ0) is 16.8. The predicted molar refractivity (Wildman–Crippen MR) is 95.2 cm³/mol. The number of anilines is 4. The van der Waals surface area contributed by atoms with Gasteiger partial charge in [-0.3, -0.25) is 0 Å². The Labute approximate surface area is 139 Å². The van der Waals surface area contributed by atoms with Gasteiger partial charge in [0.2, 0.25) is 0 Å². The lowest BCUT2D eigenvalue weighted by molar-refractivity contribution is 0.262. The fourth-order valence-corrected chi connectivity index (χ4v) is 2.18. The van der Waals surface area contributed by atoms with Gasteiger partial charge in [-0.2, -0.15) is 0 Å². The summed E-state index contributed by atoms with van der Waals surface area (Å²) in [4.78, 5) is 11.9. The zero-order valence-electron chi connectivity index (χ0n) is 12.8. The Morgan fingerprint density at radius 1 is 0.667 bits per heavy atom. The van der Waals surface area contributed by atoms with Crippen LogP contribution in [0.5, 0.6) is 0 Å².